The van der Waals surface area contributed by atoms with Crippen molar-refractivity contribution in [2.24, 2.45) is 0 Å². The van der Waals surface area contributed by atoms with Crippen LogP contribution in [0.2, 0.25) is 0 Å². The Morgan fingerprint density at radius 1 is 0.833 bits per heavy atom. The third kappa shape index (κ3) is 2.01. The van der Waals surface area contributed by atoms with E-state index in [0.29, 0.717) is 0 Å². The van der Waals surface area contributed by atoms with Crippen molar-refractivity contribution in [2.75, 3.05) is 28.4 Å². The first-order valence-electron chi connectivity index (χ1n) is 7.03. The van der Waals surface area contributed by atoms with Crippen molar-refractivity contribution < 1.29 is 28.5 Å². The number of phenols is 1. The maximum absolute atomic E-state index is 13.0. The van der Waals surface area contributed by atoms with Crippen molar-refractivity contribution in [2.45, 2.75) is 0 Å². The summed E-state index contributed by atoms with van der Waals surface area (Å²) in [4.78, 5) is 13.0. The predicted octanol–water partition coefficient (Wildman–Crippen LogP) is 2.69. The van der Waals surface area contributed by atoms with Crippen LogP contribution in [-0.2, 0) is 0 Å². The molecule has 0 saturated heterocycles. The number of ether oxygens (including phenoxy) is 4. The molecule has 126 valence electrons. The first kappa shape index (κ1) is 15.8. The fraction of sp³-hybridized carbons (Fsp3) is 0.235. The van der Waals surface area contributed by atoms with Gasteiger partial charge >= 0.3 is 0 Å². The van der Waals surface area contributed by atoms with Crippen LogP contribution in [0.3, 0.4) is 0 Å². The molecule has 1 N–H and O–H groups in total. The number of methoxy groups -OCH3 is 4. The summed E-state index contributed by atoms with van der Waals surface area (Å²) in [6.07, 6.45) is 0. The molecule has 2 aromatic carbocycles. The monoisotopic (exact) mass is 332 g/mol. The van der Waals surface area contributed by atoms with Crippen LogP contribution in [-0.4, -0.2) is 33.5 Å². The molecule has 0 aliphatic rings. The molecule has 0 spiro atoms. The number of aromatic hydroxyl groups is 1. The predicted molar refractivity (Wildman–Crippen MR) is 87.9 cm³/mol. The van der Waals surface area contributed by atoms with Crippen molar-refractivity contribution >= 4 is 21.9 Å². The smallest absolute Gasteiger partial charge is 0.211 e. The summed E-state index contributed by atoms with van der Waals surface area (Å²) in [5.74, 6) is 0.605. The van der Waals surface area contributed by atoms with Gasteiger partial charge in [-0.05, 0) is 12.1 Å². The van der Waals surface area contributed by atoms with Gasteiger partial charge < -0.3 is 28.5 Å². The Bertz CT molecular complexity index is 988. The Hall–Kier alpha value is -3.09. The number of hydrogen-bond acceptors (Lipinski definition) is 7. The highest BCUT2D eigenvalue weighted by molar-refractivity contribution is 6.01. The molecule has 0 amide bonds. The van der Waals surface area contributed by atoms with Crippen molar-refractivity contribution in [3.63, 3.8) is 0 Å². The maximum atomic E-state index is 13.0. The number of rotatable bonds is 4. The van der Waals surface area contributed by atoms with Gasteiger partial charge in [-0.25, -0.2) is 0 Å². The Morgan fingerprint density at radius 2 is 1.42 bits per heavy atom. The Morgan fingerprint density at radius 3 is 2.00 bits per heavy atom. The van der Waals surface area contributed by atoms with Crippen LogP contribution in [0.1, 0.15) is 0 Å². The third-order valence-corrected chi connectivity index (χ3v) is 3.77. The van der Waals surface area contributed by atoms with Gasteiger partial charge in [0.25, 0.3) is 0 Å². The molecular weight excluding hydrogens is 316 g/mol. The maximum Gasteiger partial charge on any atom is 0.211 e. The van der Waals surface area contributed by atoms with Crippen molar-refractivity contribution in [1.29, 1.82) is 0 Å². The van der Waals surface area contributed by atoms with Crippen LogP contribution in [0.5, 0.6) is 28.7 Å². The van der Waals surface area contributed by atoms with Crippen molar-refractivity contribution in [3.05, 3.63) is 28.4 Å². The van der Waals surface area contributed by atoms with Gasteiger partial charge in [0, 0.05) is 0 Å². The highest BCUT2D eigenvalue weighted by Crippen LogP contribution is 2.50. The minimum atomic E-state index is -0.458. The van der Waals surface area contributed by atoms with Gasteiger partial charge in [0.2, 0.25) is 22.7 Å². The molecule has 0 aliphatic heterocycles. The molecule has 0 unspecified atom stereocenters. The summed E-state index contributed by atoms with van der Waals surface area (Å²) in [6, 6.07) is 4.57. The molecule has 0 bridgehead atoms. The molecule has 1 heterocycles. The summed E-state index contributed by atoms with van der Waals surface area (Å²) < 4.78 is 27.2. The molecule has 3 rings (SSSR count). The minimum absolute atomic E-state index is 0.0533. The first-order valence-corrected chi connectivity index (χ1v) is 7.03. The number of hydrogen-bond donors (Lipinski definition) is 1. The van der Waals surface area contributed by atoms with Gasteiger partial charge in [-0.15, -0.1) is 0 Å². The molecule has 0 fully saturated rings. The van der Waals surface area contributed by atoms with Crippen LogP contribution in [0.15, 0.2) is 27.4 Å². The van der Waals surface area contributed by atoms with E-state index in [4.69, 9.17) is 23.4 Å². The molecule has 3 aromatic rings. The van der Waals surface area contributed by atoms with Crippen molar-refractivity contribution in [3.8, 4) is 28.7 Å². The highest BCUT2D eigenvalue weighted by Gasteiger charge is 2.28. The van der Waals surface area contributed by atoms with E-state index < -0.39 is 5.43 Å². The lowest BCUT2D eigenvalue weighted by Gasteiger charge is -2.17. The normalized spacial score (nSPS) is 10.8. The second-order valence-corrected chi connectivity index (χ2v) is 4.92. The second kappa shape index (κ2) is 5.84. The quantitative estimate of drug-likeness (QED) is 0.735. The molecular formula is C17H16O7. The molecule has 0 saturated carbocycles. The van der Waals surface area contributed by atoms with E-state index in [2.05, 4.69) is 0 Å². The summed E-state index contributed by atoms with van der Waals surface area (Å²) >= 11 is 0. The molecule has 24 heavy (non-hydrogen) atoms. The average molecular weight is 332 g/mol. The topological polar surface area (TPSA) is 87.4 Å². The fourth-order valence-electron chi connectivity index (χ4n) is 2.76. The lowest BCUT2D eigenvalue weighted by atomic mass is 10.1. The average Bonchev–Trinajstić information content (AvgIpc) is 2.59. The minimum Gasteiger partial charge on any atom is -0.507 e. The van der Waals surface area contributed by atoms with Crippen LogP contribution >= 0.6 is 0 Å². The standard InChI is InChI=1S/C17H16O7/c1-20-13-11-12(19)10-8(18)6-5-7-9(10)24-14(11)16(22-3)17(23-4)15(13)21-2/h5-7,18H,1-4H3. The largest absolute Gasteiger partial charge is 0.507 e. The molecule has 0 radical (unpaired) electrons. The Kier molecular flexibility index (Phi) is 3.84. The van der Waals surface area contributed by atoms with Gasteiger partial charge in [0.15, 0.2) is 11.3 Å². The lowest BCUT2D eigenvalue weighted by molar-refractivity contribution is 0.307. The van der Waals surface area contributed by atoms with E-state index in [1.54, 1.807) is 12.1 Å². The van der Waals surface area contributed by atoms with E-state index >= 15 is 0 Å². The molecule has 0 aliphatic carbocycles. The zero-order chi connectivity index (χ0) is 17.4. The van der Waals surface area contributed by atoms with E-state index in [1.807, 2.05) is 0 Å². The van der Waals surface area contributed by atoms with Crippen LogP contribution in [0.4, 0.5) is 0 Å². The molecule has 7 heteroatoms. The van der Waals surface area contributed by atoms with Crippen LogP contribution in [0, 0.1) is 0 Å². The van der Waals surface area contributed by atoms with E-state index in [0.717, 1.165) is 0 Å². The van der Waals surface area contributed by atoms with E-state index in [-0.39, 0.29) is 50.7 Å². The second-order valence-electron chi connectivity index (χ2n) is 4.92. The summed E-state index contributed by atoms with van der Waals surface area (Å²) in [5.41, 5.74) is -0.0874. The third-order valence-electron chi connectivity index (χ3n) is 3.77. The Labute approximate surface area is 136 Å². The summed E-state index contributed by atoms with van der Waals surface area (Å²) in [5, 5.41) is 10.2. The zero-order valence-corrected chi connectivity index (χ0v) is 13.6. The van der Waals surface area contributed by atoms with Gasteiger partial charge in [-0.1, -0.05) is 6.07 Å². The van der Waals surface area contributed by atoms with Gasteiger partial charge in [-0.2, -0.15) is 0 Å². The number of benzene rings is 2. The van der Waals surface area contributed by atoms with Crippen LogP contribution in [0.25, 0.3) is 21.9 Å². The van der Waals surface area contributed by atoms with Gasteiger partial charge in [0.1, 0.15) is 22.1 Å². The highest BCUT2D eigenvalue weighted by atomic mass is 16.5. The SMILES string of the molecule is COc1c(OC)c(OC)c2c(=O)c3c(O)cccc3oc2c1OC. The van der Waals surface area contributed by atoms with E-state index in [1.165, 1.54) is 34.5 Å². The number of fused-ring (bicyclic) bond motifs is 2. The fourth-order valence-corrected chi connectivity index (χ4v) is 2.76. The molecule has 0 atom stereocenters. The summed E-state index contributed by atoms with van der Waals surface area (Å²) in [6.45, 7) is 0. The van der Waals surface area contributed by atoms with Crippen molar-refractivity contribution in [1.82, 2.24) is 0 Å². The van der Waals surface area contributed by atoms with E-state index in [9.17, 15) is 9.90 Å². The molecule has 1 aromatic heterocycles. The Balaban J connectivity index is 2.68. The first-order chi connectivity index (χ1) is 11.6. The van der Waals surface area contributed by atoms with Gasteiger partial charge in [0.05, 0.1) is 28.4 Å². The summed E-state index contributed by atoms with van der Waals surface area (Å²) in [7, 11) is 5.69. The number of phenolic OH excluding ortho intramolecular Hbond substituents is 1. The van der Waals surface area contributed by atoms with Gasteiger partial charge in [-0.3, -0.25) is 4.79 Å². The zero-order valence-electron chi connectivity index (χ0n) is 13.6. The molecule has 7 nitrogen and oxygen atoms in total. The van der Waals surface area contributed by atoms with Crippen LogP contribution < -0.4 is 24.4 Å². The lowest BCUT2D eigenvalue weighted by Crippen LogP contribution is -2.08.